The SMILES string of the molecule is CCCCNc1ccc(C(=O)OCCOCCOCCOCCOCC(C)CC)cc1. The van der Waals surface area contributed by atoms with Crippen molar-refractivity contribution in [2.24, 2.45) is 5.92 Å². The van der Waals surface area contributed by atoms with Crippen LogP contribution in [0, 0.1) is 5.92 Å². The zero-order valence-corrected chi connectivity index (χ0v) is 19.5. The Morgan fingerprint density at radius 3 is 1.94 bits per heavy atom. The van der Waals surface area contributed by atoms with Crippen LogP contribution in [0.25, 0.3) is 0 Å². The van der Waals surface area contributed by atoms with E-state index < -0.39 is 0 Å². The van der Waals surface area contributed by atoms with Crippen molar-refractivity contribution >= 4 is 11.7 Å². The molecule has 31 heavy (non-hydrogen) atoms. The molecule has 0 saturated heterocycles. The summed E-state index contributed by atoms with van der Waals surface area (Å²) < 4.78 is 27.0. The predicted molar refractivity (Wildman–Crippen MR) is 123 cm³/mol. The summed E-state index contributed by atoms with van der Waals surface area (Å²) in [4.78, 5) is 12.0. The second kappa shape index (κ2) is 19.0. The van der Waals surface area contributed by atoms with Crippen LogP contribution in [0.15, 0.2) is 24.3 Å². The molecule has 0 aromatic heterocycles. The van der Waals surface area contributed by atoms with E-state index in [2.05, 4.69) is 26.1 Å². The van der Waals surface area contributed by atoms with E-state index in [-0.39, 0.29) is 12.6 Å². The Labute approximate surface area is 187 Å². The Balaban J connectivity index is 1.91. The van der Waals surface area contributed by atoms with Crippen molar-refractivity contribution in [3.63, 3.8) is 0 Å². The minimum atomic E-state index is -0.342. The lowest BCUT2D eigenvalue weighted by molar-refractivity contribution is -0.0113. The third-order valence-electron chi connectivity index (χ3n) is 4.66. The Hall–Kier alpha value is -1.67. The standard InChI is InChI=1S/C24H41NO6/c1-4-6-11-25-23-9-7-22(8-10-23)24(26)31-19-18-29-15-14-27-12-13-28-16-17-30-20-21(3)5-2/h7-10,21,25H,4-6,11-20H2,1-3H3. The molecule has 1 N–H and O–H groups in total. The maximum atomic E-state index is 12.0. The summed E-state index contributed by atoms with van der Waals surface area (Å²) in [5, 5.41) is 3.32. The molecule has 7 heteroatoms. The number of hydrogen-bond acceptors (Lipinski definition) is 7. The molecule has 0 saturated carbocycles. The van der Waals surface area contributed by atoms with Crippen LogP contribution in [0.3, 0.4) is 0 Å². The third-order valence-corrected chi connectivity index (χ3v) is 4.66. The first-order valence-corrected chi connectivity index (χ1v) is 11.5. The number of nitrogens with one attached hydrogen (secondary N) is 1. The number of esters is 1. The highest BCUT2D eigenvalue weighted by Crippen LogP contribution is 2.10. The first-order valence-electron chi connectivity index (χ1n) is 11.5. The molecular formula is C24H41NO6. The van der Waals surface area contributed by atoms with Gasteiger partial charge in [-0.05, 0) is 36.6 Å². The zero-order chi connectivity index (χ0) is 22.6. The molecular weight excluding hydrogens is 398 g/mol. The highest BCUT2D eigenvalue weighted by atomic mass is 16.6. The Kier molecular flexibility index (Phi) is 16.8. The first-order chi connectivity index (χ1) is 15.2. The van der Waals surface area contributed by atoms with Crippen LogP contribution < -0.4 is 5.32 Å². The van der Waals surface area contributed by atoms with Gasteiger partial charge >= 0.3 is 5.97 Å². The molecule has 178 valence electrons. The van der Waals surface area contributed by atoms with Crippen molar-refractivity contribution in [1.29, 1.82) is 0 Å². The summed E-state index contributed by atoms with van der Waals surface area (Å²) in [6.45, 7) is 12.0. The number of unbranched alkanes of at least 4 members (excludes halogenated alkanes) is 1. The average Bonchev–Trinajstić information content (AvgIpc) is 2.79. The molecule has 1 aromatic carbocycles. The summed E-state index contributed by atoms with van der Waals surface area (Å²) in [6, 6.07) is 7.32. The van der Waals surface area contributed by atoms with Gasteiger partial charge in [0.05, 0.1) is 51.8 Å². The molecule has 0 fully saturated rings. The Morgan fingerprint density at radius 1 is 0.839 bits per heavy atom. The van der Waals surface area contributed by atoms with Crippen LogP contribution in [-0.4, -0.2) is 72.0 Å². The minimum absolute atomic E-state index is 0.217. The number of hydrogen-bond donors (Lipinski definition) is 1. The number of carbonyl (C=O) groups is 1. The molecule has 0 aliphatic carbocycles. The van der Waals surface area contributed by atoms with E-state index in [4.69, 9.17) is 23.7 Å². The largest absolute Gasteiger partial charge is 0.460 e. The van der Waals surface area contributed by atoms with Crippen LogP contribution >= 0.6 is 0 Å². The lowest BCUT2D eigenvalue weighted by atomic mass is 10.1. The molecule has 0 aliphatic rings. The van der Waals surface area contributed by atoms with E-state index in [1.54, 1.807) is 12.1 Å². The Morgan fingerprint density at radius 2 is 1.39 bits per heavy atom. The fourth-order valence-electron chi connectivity index (χ4n) is 2.47. The highest BCUT2D eigenvalue weighted by Gasteiger charge is 2.06. The van der Waals surface area contributed by atoms with Gasteiger partial charge in [0, 0.05) is 18.8 Å². The van der Waals surface area contributed by atoms with Crippen molar-refractivity contribution in [1.82, 2.24) is 0 Å². The van der Waals surface area contributed by atoms with E-state index in [1.165, 1.54) is 0 Å². The van der Waals surface area contributed by atoms with Crippen LogP contribution in [0.1, 0.15) is 50.4 Å². The van der Waals surface area contributed by atoms with Gasteiger partial charge < -0.3 is 29.0 Å². The molecule has 0 bridgehead atoms. The summed E-state index contributed by atoms with van der Waals surface area (Å²) in [5.74, 6) is 0.251. The van der Waals surface area contributed by atoms with E-state index >= 15 is 0 Å². The Bertz CT molecular complexity index is 552. The lowest BCUT2D eigenvalue weighted by Gasteiger charge is -2.10. The molecule has 0 radical (unpaired) electrons. The molecule has 0 heterocycles. The lowest BCUT2D eigenvalue weighted by Crippen LogP contribution is -2.15. The van der Waals surface area contributed by atoms with Crippen molar-refractivity contribution in [2.45, 2.75) is 40.0 Å². The van der Waals surface area contributed by atoms with Gasteiger partial charge in [0.25, 0.3) is 0 Å². The van der Waals surface area contributed by atoms with Gasteiger partial charge in [-0.25, -0.2) is 4.79 Å². The topological polar surface area (TPSA) is 75.3 Å². The monoisotopic (exact) mass is 439 g/mol. The number of anilines is 1. The van der Waals surface area contributed by atoms with Gasteiger partial charge in [-0.2, -0.15) is 0 Å². The van der Waals surface area contributed by atoms with Gasteiger partial charge in [0.2, 0.25) is 0 Å². The van der Waals surface area contributed by atoms with Gasteiger partial charge in [0.1, 0.15) is 6.61 Å². The third kappa shape index (κ3) is 14.9. The highest BCUT2D eigenvalue weighted by molar-refractivity contribution is 5.89. The van der Waals surface area contributed by atoms with Crippen molar-refractivity contribution in [2.75, 3.05) is 71.3 Å². The fourth-order valence-corrected chi connectivity index (χ4v) is 2.47. The van der Waals surface area contributed by atoms with E-state index in [1.807, 2.05) is 12.1 Å². The van der Waals surface area contributed by atoms with Gasteiger partial charge in [-0.3, -0.25) is 0 Å². The van der Waals surface area contributed by atoms with Gasteiger partial charge in [-0.15, -0.1) is 0 Å². The van der Waals surface area contributed by atoms with Crippen molar-refractivity contribution in [3.05, 3.63) is 29.8 Å². The maximum Gasteiger partial charge on any atom is 0.338 e. The van der Waals surface area contributed by atoms with E-state index in [0.29, 0.717) is 57.7 Å². The van der Waals surface area contributed by atoms with Gasteiger partial charge in [-0.1, -0.05) is 33.6 Å². The van der Waals surface area contributed by atoms with E-state index in [9.17, 15) is 4.79 Å². The summed E-state index contributed by atoms with van der Waals surface area (Å²) in [7, 11) is 0. The molecule has 1 unspecified atom stereocenters. The quantitative estimate of drug-likeness (QED) is 0.241. The maximum absolute atomic E-state index is 12.0. The van der Waals surface area contributed by atoms with Crippen LogP contribution in [0.2, 0.25) is 0 Å². The fraction of sp³-hybridized carbons (Fsp3) is 0.708. The van der Waals surface area contributed by atoms with Crippen LogP contribution in [-0.2, 0) is 23.7 Å². The summed E-state index contributed by atoms with van der Waals surface area (Å²) >= 11 is 0. The summed E-state index contributed by atoms with van der Waals surface area (Å²) in [5.41, 5.74) is 1.54. The van der Waals surface area contributed by atoms with E-state index in [0.717, 1.165) is 38.1 Å². The number of benzene rings is 1. The normalized spacial score (nSPS) is 12.0. The summed E-state index contributed by atoms with van der Waals surface area (Å²) in [6.07, 6.45) is 3.40. The molecule has 1 atom stereocenters. The molecule has 0 amide bonds. The molecule has 0 spiro atoms. The van der Waals surface area contributed by atoms with Crippen LogP contribution in [0.5, 0.6) is 0 Å². The second-order valence-electron chi connectivity index (χ2n) is 7.42. The molecule has 0 aliphatic heterocycles. The van der Waals surface area contributed by atoms with Crippen LogP contribution in [0.4, 0.5) is 5.69 Å². The minimum Gasteiger partial charge on any atom is -0.460 e. The van der Waals surface area contributed by atoms with Crippen molar-refractivity contribution < 1.29 is 28.5 Å². The van der Waals surface area contributed by atoms with Gasteiger partial charge in [0.15, 0.2) is 0 Å². The molecule has 7 nitrogen and oxygen atoms in total. The average molecular weight is 440 g/mol. The first kappa shape index (κ1) is 27.4. The number of carbonyl (C=O) groups excluding carboxylic acids is 1. The number of ether oxygens (including phenoxy) is 5. The molecule has 1 aromatic rings. The van der Waals surface area contributed by atoms with Crippen molar-refractivity contribution in [3.8, 4) is 0 Å². The molecule has 1 rings (SSSR count). The predicted octanol–water partition coefficient (Wildman–Crippen LogP) is 4.17. The second-order valence-corrected chi connectivity index (χ2v) is 7.42. The zero-order valence-electron chi connectivity index (χ0n) is 19.5. The smallest absolute Gasteiger partial charge is 0.338 e. The number of rotatable bonds is 20.